The van der Waals surface area contributed by atoms with Crippen molar-refractivity contribution in [3.8, 4) is 0 Å². The summed E-state index contributed by atoms with van der Waals surface area (Å²) in [6, 6.07) is 0.208. The summed E-state index contributed by atoms with van der Waals surface area (Å²) >= 11 is 0. The lowest BCUT2D eigenvalue weighted by Crippen LogP contribution is -2.47. The van der Waals surface area contributed by atoms with Gasteiger partial charge in [-0.05, 0) is 32.2 Å². The van der Waals surface area contributed by atoms with E-state index in [1.165, 1.54) is 4.90 Å². The van der Waals surface area contributed by atoms with E-state index in [0.717, 1.165) is 38.6 Å². The second-order valence-electron chi connectivity index (χ2n) is 5.22. The van der Waals surface area contributed by atoms with Crippen LogP contribution in [-0.2, 0) is 4.79 Å². The topological polar surface area (TPSA) is 32.3 Å². The molecule has 2 fully saturated rings. The Morgan fingerprint density at radius 1 is 1.22 bits per heavy atom. The molecule has 1 N–H and O–H groups in total. The van der Waals surface area contributed by atoms with Crippen molar-refractivity contribution in [3.05, 3.63) is 0 Å². The molecule has 1 amide bonds. The number of alkyl halides is 3. The minimum atomic E-state index is -4.40. The molecule has 1 aliphatic heterocycles. The molecule has 2 aliphatic rings. The molecule has 0 aromatic rings. The normalized spacial score (nSPS) is 24.9. The SMILES string of the molecule is O=C(CC(F)(F)F)N(CC1CCCCN1)C1CC1. The molecule has 0 bridgehead atoms. The van der Waals surface area contributed by atoms with Gasteiger partial charge in [0.25, 0.3) is 0 Å². The second kappa shape index (κ2) is 5.47. The molecule has 6 heteroatoms. The molecular formula is C12H19F3N2O. The van der Waals surface area contributed by atoms with E-state index in [9.17, 15) is 18.0 Å². The first-order valence-electron chi connectivity index (χ1n) is 6.55. The highest BCUT2D eigenvalue weighted by atomic mass is 19.4. The highest BCUT2D eigenvalue weighted by Gasteiger charge is 2.39. The Hall–Kier alpha value is -0.780. The van der Waals surface area contributed by atoms with Crippen LogP contribution >= 0.6 is 0 Å². The Bertz CT molecular complexity index is 296. The number of hydrogen-bond acceptors (Lipinski definition) is 2. The van der Waals surface area contributed by atoms with Crippen molar-refractivity contribution in [2.24, 2.45) is 0 Å². The number of amides is 1. The number of carbonyl (C=O) groups is 1. The van der Waals surface area contributed by atoms with Crippen LogP contribution in [-0.4, -0.2) is 42.2 Å². The van der Waals surface area contributed by atoms with Crippen molar-refractivity contribution in [1.29, 1.82) is 0 Å². The minimum Gasteiger partial charge on any atom is -0.338 e. The molecule has 2 rings (SSSR count). The second-order valence-corrected chi connectivity index (χ2v) is 5.22. The standard InChI is InChI=1S/C12H19F3N2O/c13-12(14,15)7-11(18)17(10-4-5-10)8-9-3-1-2-6-16-9/h9-10,16H,1-8H2. The van der Waals surface area contributed by atoms with Gasteiger partial charge in [-0.15, -0.1) is 0 Å². The lowest BCUT2D eigenvalue weighted by Gasteiger charge is -2.31. The fourth-order valence-corrected chi connectivity index (χ4v) is 2.43. The molecule has 3 nitrogen and oxygen atoms in total. The zero-order valence-corrected chi connectivity index (χ0v) is 10.3. The average Bonchev–Trinajstić information content (AvgIpc) is 3.08. The summed E-state index contributed by atoms with van der Waals surface area (Å²) in [6.45, 7) is 1.33. The number of halogens is 3. The van der Waals surface area contributed by atoms with Gasteiger partial charge in [0.2, 0.25) is 5.91 Å². The van der Waals surface area contributed by atoms with E-state index in [1.54, 1.807) is 0 Å². The highest BCUT2D eigenvalue weighted by Crippen LogP contribution is 2.30. The molecule has 1 saturated heterocycles. The molecular weight excluding hydrogens is 245 g/mol. The van der Waals surface area contributed by atoms with Gasteiger partial charge in [0.05, 0.1) is 0 Å². The predicted octanol–water partition coefficient (Wildman–Crippen LogP) is 2.07. The number of nitrogens with zero attached hydrogens (tertiary/aromatic N) is 1. The zero-order valence-electron chi connectivity index (χ0n) is 10.3. The van der Waals surface area contributed by atoms with E-state index < -0.39 is 18.5 Å². The number of rotatable bonds is 4. The summed E-state index contributed by atoms with van der Waals surface area (Å²) in [5.41, 5.74) is 0. The van der Waals surface area contributed by atoms with Gasteiger partial charge in [0.15, 0.2) is 0 Å². The van der Waals surface area contributed by atoms with Crippen LogP contribution in [0.3, 0.4) is 0 Å². The third kappa shape index (κ3) is 4.15. The van der Waals surface area contributed by atoms with Crippen molar-refractivity contribution in [1.82, 2.24) is 10.2 Å². The third-order valence-corrected chi connectivity index (χ3v) is 3.49. The summed E-state index contributed by atoms with van der Waals surface area (Å²) < 4.78 is 36.8. The first-order chi connectivity index (χ1) is 8.46. The third-order valence-electron chi connectivity index (χ3n) is 3.49. The van der Waals surface area contributed by atoms with Crippen molar-refractivity contribution < 1.29 is 18.0 Å². The van der Waals surface area contributed by atoms with Gasteiger partial charge in [-0.2, -0.15) is 13.2 Å². The zero-order chi connectivity index (χ0) is 13.2. The summed E-state index contributed by atoms with van der Waals surface area (Å²) in [6.07, 6.45) is -0.893. The lowest BCUT2D eigenvalue weighted by atomic mass is 10.0. The van der Waals surface area contributed by atoms with Gasteiger partial charge < -0.3 is 10.2 Å². The van der Waals surface area contributed by atoms with Gasteiger partial charge in [0, 0.05) is 18.6 Å². The summed E-state index contributed by atoms with van der Waals surface area (Å²) in [5.74, 6) is -0.766. The van der Waals surface area contributed by atoms with Crippen LogP contribution in [0.2, 0.25) is 0 Å². The first-order valence-corrected chi connectivity index (χ1v) is 6.55. The molecule has 1 heterocycles. The maximum absolute atomic E-state index is 12.3. The van der Waals surface area contributed by atoms with Crippen LogP contribution in [0.25, 0.3) is 0 Å². The highest BCUT2D eigenvalue weighted by molar-refractivity contribution is 5.77. The molecule has 0 aromatic carbocycles. The summed E-state index contributed by atoms with van der Waals surface area (Å²) in [5, 5.41) is 3.27. The first kappa shape index (κ1) is 13.6. The molecule has 0 radical (unpaired) electrons. The number of piperidine rings is 1. The Balaban J connectivity index is 1.88. The Morgan fingerprint density at radius 3 is 2.44 bits per heavy atom. The van der Waals surface area contributed by atoms with Crippen molar-refractivity contribution in [2.75, 3.05) is 13.1 Å². The van der Waals surface area contributed by atoms with Crippen LogP contribution in [0.15, 0.2) is 0 Å². The molecule has 1 unspecified atom stereocenters. The van der Waals surface area contributed by atoms with Gasteiger partial charge in [0.1, 0.15) is 6.42 Å². The smallest absolute Gasteiger partial charge is 0.338 e. The summed E-state index contributed by atoms with van der Waals surface area (Å²) in [7, 11) is 0. The molecule has 18 heavy (non-hydrogen) atoms. The number of nitrogens with one attached hydrogen (secondary N) is 1. The maximum Gasteiger partial charge on any atom is 0.397 e. The van der Waals surface area contributed by atoms with Crippen LogP contribution < -0.4 is 5.32 Å². The van der Waals surface area contributed by atoms with Gasteiger partial charge >= 0.3 is 6.18 Å². The fraction of sp³-hybridized carbons (Fsp3) is 0.917. The Labute approximate surface area is 105 Å². The summed E-state index contributed by atoms with van der Waals surface area (Å²) in [4.78, 5) is 13.1. The quantitative estimate of drug-likeness (QED) is 0.843. The number of carbonyl (C=O) groups excluding carboxylic acids is 1. The molecule has 104 valence electrons. The molecule has 0 aromatic heterocycles. The van der Waals surface area contributed by atoms with E-state index in [1.807, 2.05) is 0 Å². The lowest BCUT2D eigenvalue weighted by molar-refractivity contribution is -0.162. The van der Waals surface area contributed by atoms with Crippen molar-refractivity contribution in [2.45, 2.75) is 56.8 Å². The predicted molar refractivity (Wildman–Crippen MR) is 61.0 cm³/mol. The monoisotopic (exact) mass is 264 g/mol. The molecule has 0 spiro atoms. The maximum atomic E-state index is 12.3. The molecule has 1 atom stereocenters. The van der Waals surface area contributed by atoms with Gasteiger partial charge in [-0.25, -0.2) is 0 Å². The van der Waals surface area contributed by atoms with E-state index >= 15 is 0 Å². The van der Waals surface area contributed by atoms with E-state index in [4.69, 9.17) is 0 Å². The fourth-order valence-electron chi connectivity index (χ4n) is 2.43. The van der Waals surface area contributed by atoms with Crippen molar-refractivity contribution in [3.63, 3.8) is 0 Å². The average molecular weight is 264 g/mol. The van der Waals surface area contributed by atoms with E-state index in [0.29, 0.717) is 6.54 Å². The van der Waals surface area contributed by atoms with Crippen molar-refractivity contribution >= 4 is 5.91 Å². The number of hydrogen-bond donors (Lipinski definition) is 1. The van der Waals surface area contributed by atoms with Crippen LogP contribution in [0.5, 0.6) is 0 Å². The largest absolute Gasteiger partial charge is 0.397 e. The Kier molecular flexibility index (Phi) is 4.14. The van der Waals surface area contributed by atoms with Gasteiger partial charge in [-0.1, -0.05) is 6.42 Å². The van der Waals surface area contributed by atoms with E-state index in [-0.39, 0.29) is 12.1 Å². The van der Waals surface area contributed by atoms with Crippen LogP contribution in [0.4, 0.5) is 13.2 Å². The van der Waals surface area contributed by atoms with Gasteiger partial charge in [-0.3, -0.25) is 4.79 Å². The molecule has 1 saturated carbocycles. The van der Waals surface area contributed by atoms with Crippen LogP contribution in [0.1, 0.15) is 38.5 Å². The van der Waals surface area contributed by atoms with Crippen LogP contribution in [0, 0.1) is 0 Å². The van der Waals surface area contributed by atoms with E-state index in [2.05, 4.69) is 5.32 Å². The molecule has 1 aliphatic carbocycles. The Morgan fingerprint density at radius 2 is 1.94 bits per heavy atom. The minimum absolute atomic E-state index is 0.0450.